The first-order chi connectivity index (χ1) is 13.7. The van der Waals surface area contributed by atoms with Gasteiger partial charge in [0.15, 0.2) is 5.13 Å². The molecule has 0 bridgehead atoms. The van der Waals surface area contributed by atoms with Crippen molar-refractivity contribution in [3.05, 3.63) is 52.5 Å². The van der Waals surface area contributed by atoms with Gasteiger partial charge in [-0.25, -0.2) is 9.37 Å². The third-order valence-corrected chi connectivity index (χ3v) is 6.57. The highest BCUT2D eigenvalue weighted by Gasteiger charge is 2.19. The molecule has 8 heteroatoms. The van der Waals surface area contributed by atoms with E-state index in [1.54, 1.807) is 29.5 Å². The van der Waals surface area contributed by atoms with Crippen LogP contribution in [-0.2, 0) is 4.79 Å². The summed E-state index contributed by atoms with van der Waals surface area (Å²) in [6, 6.07) is 8.68. The summed E-state index contributed by atoms with van der Waals surface area (Å²) in [4.78, 5) is 22.2. The van der Waals surface area contributed by atoms with Gasteiger partial charge in [0.2, 0.25) is 5.91 Å². The van der Waals surface area contributed by atoms with Crippen molar-refractivity contribution in [3.8, 4) is 0 Å². The second-order valence-electron chi connectivity index (χ2n) is 6.58. The standard InChI is InChI=1S/C20H21FN4OS2/c21-15-3-5-17-18(14-15)28-20(23-17)25-11-9-24(10-12-25)8-7-22-19(26)6-4-16-2-1-13-27-16/h1-6,13-14H,7-12H2,(H,22,26)/b6-4+. The highest BCUT2D eigenvalue weighted by Crippen LogP contribution is 2.29. The molecule has 146 valence electrons. The Morgan fingerprint density at radius 2 is 2.11 bits per heavy atom. The van der Waals surface area contributed by atoms with Crippen molar-refractivity contribution in [3.63, 3.8) is 0 Å². The van der Waals surface area contributed by atoms with E-state index in [9.17, 15) is 9.18 Å². The number of rotatable bonds is 6. The van der Waals surface area contributed by atoms with Crippen LogP contribution in [0.25, 0.3) is 16.3 Å². The van der Waals surface area contributed by atoms with Crippen LogP contribution < -0.4 is 10.2 Å². The average Bonchev–Trinajstić information content (AvgIpc) is 3.36. The molecule has 1 saturated heterocycles. The number of nitrogens with zero attached hydrogens (tertiary/aromatic N) is 3. The summed E-state index contributed by atoms with van der Waals surface area (Å²) in [5, 5.41) is 5.88. The van der Waals surface area contributed by atoms with Crippen LogP contribution in [0, 0.1) is 5.82 Å². The zero-order valence-corrected chi connectivity index (χ0v) is 16.9. The second-order valence-corrected chi connectivity index (χ2v) is 8.57. The Labute approximate surface area is 171 Å². The van der Waals surface area contributed by atoms with Crippen molar-refractivity contribution in [1.82, 2.24) is 15.2 Å². The number of carbonyl (C=O) groups is 1. The molecule has 3 heterocycles. The van der Waals surface area contributed by atoms with Gasteiger partial charge in [0.25, 0.3) is 0 Å². The first kappa shape index (κ1) is 19.0. The van der Waals surface area contributed by atoms with Crippen LogP contribution in [0.1, 0.15) is 4.88 Å². The lowest BCUT2D eigenvalue weighted by atomic mass is 10.3. The van der Waals surface area contributed by atoms with Crippen LogP contribution in [0.5, 0.6) is 0 Å². The molecule has 3 aromatic rings. The molecule has 0 aliphatic carbocycles. The molecule has 1 amide bonds. The van der Waals surface area contributed by atoms with Crippen LogP contribution >= 0.6 is 22.7 Å². The van der Waals surface area contributed by atoms with Gasteiger partial charge in [0.1, 0.15) is 5.82 Å². The number of thiophene rings is 1. The summed E-state index contributed by atoms with van der Waals surface area (Å²) >= 11 is 3.15. The predicted molar refractivity (Wildman–Crippen MR) is 115 cm³/mol. The van der Waals surface area contributed by atoms with E-state index in [0.29, 0.717) is 6.54 Å². The zero-order valence-electron chi connectivity index (χ0n) is 15.3. The summed E-state index contributed by atoms with van der Waals surface area (Å²) in [6.45, 7) is 5.07. The molecule has 1 N–H and O–H groups in total. The summed E-state index contributed by atoms with van der Waals surface area (Å²) < 4.78 is 14.2. The maximum absolute atomic E-state index is 13.4. The fourth-order valence-electron chi connectivity index (χ4n) is 3.12. The number of halogens is 1. The first-order valence-corrected chi connectivity index (χ1v) is 10.9. The minimum atomic E-state index is -0.222. The SMILES string of the molecule is O=C(/C=C/c1cccs1)NCCN1CCN(c2nc3ccc(F)cc3s2)CC1. The van der Waals surface area contributed by atoms with Gasteiger partial charge >= 0.3 is 0 Å². The Hall–Kier alpha value is -2.29. The Morgan fingerprint density at radius 3 is 2.89 bits per heavy atom. The van der Waals surface area contributed by atoms with Crippen molar-refractivity contribution in [1.29, 1.82) is 0 Å². The van der Waals surface area contributed by atoms with Gasteiger partial charge in [-0.1, -0.05) is 17.4 Å². The van der Waals surface area contributed by atoms with E-state index in [0.717, 1.165) is 52.9 Å². The minimum absolute atomic E-state index is 0.0613. The van der Waals surface area contributed by atoms with Crippen molar-refractivity contribution >= 4 is 50.0 Å². The summed E-state index contributed by atoms with van der Waals surface area (Å²) in [7, 11) is 0. The Balaban J connectivity index is 1.21. The molecule has 1 aliphatic heterocycles. The molecule has 0 radical (unpaired) electrons. The number of hydrogen-bond acceptors (Lipinski definition) is 6. The van der Waals surface area contributed by atoms with Gasteiger partial charge in [0.05, 0.1) is 10.2 Å². The smallest absolute Gasteiger partial charge is 0.244 e. The quantitative estimate of drug-likeness (QED) is 0.626. The van der Waals surface area contributed by atoms with Crippen LogP contribution in [0.2, 0.25) is 0 Å². The molecule has 1 fully saturated rings. The number of amides is 1. The number of thiazole rings is 1. The van der Waals surface area contributed by atoms with E-state index in [1.807, 2.05) is 23.6 Å². The molecular formula is C20H21FN4OS2. The molecular weight excluding hydrogens is 395 g/mol. The number of nitrogens with one attached hydrogen (secondary N) is 1. The van der Waals surface area contributed by atoms with Gasteiger partial charge in [-0.05, 0) is 35.7 Å². The highest BCUT2D eigenvalue weighted by molar-refractivity contribution is 7.22. The van der Waals surface area contributed by atoms with E-state index in [1.165, 1.54) is 17.4 Å². The van der Waals surface area contributed by atoms with E-state index in [2.05, 4.69) is 20.1 Å². The minimum Gasteiger partial charge on any atom is -0.351 e. The molecule has 2 aromatic heterocycles. The van der Waals surface area contributed by atoms with E-state index in [4.69, 9.17) is 0 Å². The van der Waals surface area contributed by atoms with E-state index >= 15 is 0 Å². The molecule has 0 atom stereocenters. The zero-order chi connectivity index (χ0) is 19.3. The Kier molecular flexibility index (Phi) is 5.99. The topological polar surface area (TPSA) is 48.5 Å². The predicted octanol–water partition coefficient (Wildman–Crippen LogP) is 3.45. The normalized spacial score (nSPS) is 15.5. The monoisotopic (exact) mass is 416 g/mol. The van der Waals surface area contributed by atoms with Crippen LogP contribution in [0.3, 0.4) is 0 Å². The number of fused-ring (bicyclic) bond motifs is 1. The fraction of sp³-hybridized carbons (Fsp3) is 0.300. The van der Waals surface area contributed by atoms with Gasteiger partial charge in [-0.3, -0.25) is 9.69 Å². The van der Waals surface area contributed by atoms with Gasteiger partial charge in [-0.2, -0.15) is 0 Å². The molecule has 0 saturated carbocycles. The van der Waals surface area contributed by atoms with Crippen molar-refractivity contribution in [2.45, 2.75) is 0 Å². The molecule has 1 aliphatic rings. The number of carbonyl (C=O) groups excluding carboxylic acids is 1. The van der Waals surface area contributed by atoms with Crippen LogP contribution in [0.15, 0.2) is 41.8 Å². The highest BCUT2D eigenvalue weighted by atomic mass is 32.1. The second kappa shape index (κ2) is 8.81. The van der Waals surface area contributed by atoms with Gasteiger partial charge < -0.3 is 10.2 Å². The van der Waals surface area contributed by atoms with E-state index < -0.39 is 0 Å². The third-order valence-electron chi connectivity index (χ3n) is 4.65. The molecule has 5 nitrogen and oxygen atoms in total. The van der Waals surface area contributed by atoms with Crippen LogP contribution in [-0.4, -0.2) is 55.1 Å². The third kappa shape index (κ3) is 4.76. The number of piperazine rings is 1. The van der Waals surface area contributed by atoms with Crippen molar-refractivity contribution in [2.24, 2.45) is 0 Å². The molecule has 0 unspecified atom stereocenters. The fourth-order valence-corrected chi connectivity index (χ4v) is 4.78. The lowest BCUT2D eigenvalue weighted by molar-refractivity contribution is -0.116. The Morgan fingerprint density at radius 1 is 1.25 bits per heavy atom. The Bertz CT molecular complexity index is 962. The number of hydrogen-bond donors (Lipinski definition) is 1. The number of aromatic nitrogens is 1. The first-order valence-electron chi connectivity index (χ1n) is 9.20. The largest absolute Gasteiger partial charge is 0.351 e. The summed E-state index contributed by atoms with van der Waals surface area (Å²) in [5.41, 5.74) is 0.849. The molecule has 0 spiro atoms. The lowest BCUT2D eigenvalue weighted by Gasteiger charge is -2.34. The average molecular weight is 417 g/mol. The number of anilines is 1. The van der Waals surface area contributed by atoms with Crippen LogP contribution in [0.4, 0.5) is 9.52 Å². The van der Waals surface area contributed by atoms with E-state index in [-0.39, 0.29) is 11.7 Å². The summed E-state index contributed by atoms with van der Waals surface area (Å²) in [6.07, 6.45) is 3.42. The van der Waals surface area contributed by atoms with Gasteiger partial charge in [-0.15, -0.1) is 11.3 Å². The van der Waals surface area contributed by atoms with Gasteiger partial charge in [0, 0.05) is 50.2 Å². The molecule has 4 rings (SSSR count). The van der Waals surface area contributed by atoms with Crippen molar-refractivity contribution in [2.75, 3.05) is 44.2 Å². The lowest BCUT2D eigenvalue weighted by Crippen LogP contribution is -2.48. The number of benzene rings is 1. The summed E-state index contributed by atoms with van der Waals surface area (Å²) in [5.74, 6) is -0.284. The molecule has 1 aromatic carbocycles. The van der Waals surface area contributed by atoms with Crippen molar-refractivity contribution < 1.29 is 9.18 Å². The maximum atomic E-state index is 13.4. The molecule has 28 heavy (non-hydrogen) atoms. The maximum Gasteiger partial charge on any atom is 0.244 e.